The second-order valence-electron chi connectivity index (χ2n) is 4.20. The molecular weight excluding hydrogens is 249 g/mol. The zero-order valence-corrected chi connectivity index (χ0v) is 10.6. The molecule has 0 atom stereocenters. The Labute approximate surface area is 109 Å². The van der Waals surface area contributed by atoms with Crippen LogP contribution in [-0.4, -0.2) is 25.8 Å². The van der Waals surface area contributed by atoms with Crippen molar-refractivity contribution < 1.29 is 9.60 Å². The van der Waals surface area contributed by atoms with E-state index in [0.717, 1.165) is 5.82 Å². The van der Waals surface area contributed by atoms with Crippen molar-refractivity contribution in [2.24, 2.45) is 10.9 Å². The summed E-state index contributed by atoms with van der Waals surface area (Å²) in [5.41, 5.74) is 6.45. The van der Waals surface area contributed by atoms with Gasteiger partial charge in [0.05, 0.1) is 6.54 Å². The predicted molar refractivity (Wildman–Crippen MR) is 67.5 cm³/mol. The fourth-order valence-corrected chi connectivity index (χ4v) is 1.83. The number of aryl methyl sites for hydroxylation is 2. The summed E-state index contributed by atoms with van der Waals surface area (Å²) in [6, 6.07) is 4.23. The number of benzene rings is 1. The van der Waals surface area contributed by atoms with Crippen LogP contribution in [-0.2, 0) is 6.54 Å². The molecule has 0 aliphatic heterocycles. The van der Waals surface area contributed by atoms with Gasteiger partial charge in [0, 0.05) is 5.56 Å². The van der Waals surface area contributed by atoms with E-state index in [1.165, 1.54) is 12.1 Å². The van der Waals surface area contributed by atoms with Gasteiger partial charge in [0.25, 0.3) is 0 Å². The van der Waals surface area contributed by atoms with Gasteiger partial charge in [-0.25, -0.2) is 14.1 Å². The van der Waals surface area contributed by atoms with Gasteiger partial charge in [0.2, 0.25) is 0 Å². The Balaban J connectivity index is 2.35. The lowest BCUT2D eigenvalue weighted by Crippen LogP contribution is -2.14. The van der Waals surface area contributed by atoms with Gasteiger partial charge < -0.3 is 10.9 Å². The van der Waals surface area contributed by atoms with E-state index in [1.54, 1.807) is 17.7 Å². The molecule has 0 aliphatic rings. The third-order valence-corrected chi connectivity index (χ3v) is 2.66. The van der Waals surface area contributed by atoms with Gasteiger partial charge in [-0.2, -0.15) is 5.10 Å². The maximum atomic E-state index is 13.5. The molecule has 0 unspecified atom stereocenters. The lowest BCUT2D eigenvalue weighted by atomic mass is 10.1. The van der Waals surface area contributed by atoms with E-state index in [4.69, 9.17) is 10.9 Å². The molecule has 0 saturated heterocycles. The molecule has 0 radical (unpaired) electrons. The molecule has 1 aromatic heterocycles. The second kappa shape index (κ2) is 5.05. The van der Waals surface area contributed by atoms with Gasteiger partial charge >= 0.3 is 0 Å². The van der Waals surface area contributed by atoms with Gasteiger partial charge in [-0.3, -0.25) is 0 Å². The Hall–Kier alpha value is -2.44. The van der Waals surface area contributed by atoms with E-state index in [1.807, 2.05) is 6.92 Å². The normalized spacial score (nSPS) is 11.8. The van der Waals surface area contributed by atoms with Crippen molar-refractivity contribution in [1.82, 2.24) is 14.8 Å². The van der Waals surface area contributed by atoms with Crippen LogP contribution in [0.4, 0.5) is 4.39 Å². The molecule has 1 heterocycles. The van der Waals surface area contributed by atoms with Crippen molar-refractivity contribution in [3.63, 3.8) is 0 Å². The summed E-state index contributed by atoms with van der Waals surface area (Å²) in [5, 5.41) is 15.7. The van der Waals surface area contributed by atoms with Crippen molar-refractivity contribution in [3.05, 3.63) is 46.8 Å². The van der Waals surface area contributed by atoms with Crippen LogP contribution in [0.15, 0.2) is 23.4 Å². The summed E-state index contributed by atoms with van der Waals surface area (Å²) >= 11 is 0. The smallest absolute Gasteiger partial charge is 0.170 e. The first-order chi connectivity index (χ1) is 8.99. The van der Waals surface area contributed by atoms with Gasteiger partial charge in [-0.15, -0.1) is 0 Å². The molecular formula is C12H14FN5O. The molecule has 100 valence electrons. The Morgan fingerprint density at radius 3 is 2.74 bits per heavy atom. The highest BCUT2D eigenvalue weighted by atomic mass is 19.1. The number of nitrogens with zero attached hydrogens (tertiary/aromatic N) is 4. The van der Waals surface area contributed by atoms with Crippen molar-refractivity contribution >= 4 is 5.84 Å². The summed E-state index contributed by atoms with van der Waals surface area (Å²) in [5.74, 6) is 0.818. The molecule has 1 aromatic carbocycles. The van der Waals surface area contributed by atoms with E-state index in [9.17, 15) is 4.39 Å². The average Bonchev–Trinajstić information content (AvgIpc) is 2.66. The minimum atomic E-state index is -0.450. The molecule has 2 rings (SSSR count). The minimum absolute atomic E-state index is 0.132. The number of amidine groups is 1. The van der Waals surface area contributed by atoms with Crippen LogP contribution < -0.4 is 5.73 Å². The second-order valence-corrected chi connectivity index (χ2v) is 4.20. The fraction of sp³-hybridized carbons (Fsp3) is 0.250. The lowest BCUT2D eigenvalue weighted by molar-refractivity contribution is 0.318. The minimum Gasteiger partial charge on any atom is -0.409 e. The molecule has 0 spiro atoms. The summed E-state index contributed by atoms with van der Waals surface area (Å²) < 4.78 is 15.2. The van der Waals surface area contributed by atoms with E-state index in [-0.39, 0.29) is 5.84 Å². The molecule has 6 nitrogen and oxygen atoms in total. The zero-order chi connectivity index (χ0) is 14.0. The topological polar surface area (TPSA) is 89.3 Å². The molecule has 0 aliphatic carbocycles. The molecule has 7 heteroatoms. The summed E-state index contributed by atoms with van der Waals surface area (Å²) in [6.45, 7) is 3.98. The SMILES string of the molecule is Cc1nc(C)n(Cc2cc(F)cc(/C(N)=N/O)c2)n1. The number of halogens is 1. The van der Waals surface area contributed by atoms with Gasteiger partial charge in [0.1, 0.15) is 17.5 Å². The number of hydrogen-bond acceptors (Lipinski definition) is 4. The summed E-state index contributed by atoms with van der Waals surface area (Å²) in [6.07, 6.45) is 0. The number of nitrogens with two attached hydrogens (primary N) is 1. The van der Waals surface area contributed by atoms with Crippen molar-refractivity contribution in [2.75, 3.05) is 0 Å². The predicted octanol–water partition coefficient (Wildman–Crippen LogP) is 1.18. The van der Waals surface area contributed by atoms with Crippen LogP contribution >= 0.6 is 0 Å². The van der Waals surface area contributed by atoms with Gasteiger partial charge in [0.15, 0.2) is 5.84 Å². The zero-order valence-electron chi connectivity index (χ0n) is 10.6. The van der Waals surface area contributed by atoms with E-state index in [0.29, 0.717) is 23.5 Å². The first-order valence-electron chi connectivity index (χ1n) is 5.65. The summed E-state index contributed by atoms with van der Waals surface area (Å²) in [4.78, 5) is 4.17. The third-order valence-electron chi connectivity index (χ3n) is 2.66. The molecule has 19 heavy (non-hydrogen) atoms. The number of rotatable bonds is 3. The molecule has 0 bridgehead atoms. The Morgan fingerprint density at radius 2 is 2.16 bits per heavy atom. The highest BCUT2D eigenvalue weighted by molar-refractivity contribution is 5.97. The Bertz CT molecular complexity index is 635. The molecule has 0 amide bonds. The van der Waals surface area contributed by atoms with Crippen LogP contribution in [0.3, 0.4) is 0 Å². The quantitative estimate of drug-likeness (QED) is 0.376. The molecule has 0 saturated carbocycles. The van der Waals surface area contributed by atoms with Gasteiger partial charge in [-0.05, 0) is 37.6 Å². The number of aromatic nitrogens is 3. The maximum absolute atomic E-state index is 13.5. The van der Waals surface area contributed by atoms with Crippen LogP contribution in [0.2, 0.25) is 0 Å². The van der Waals surface area contributed by atoms with E-state index >= 15 is 0 Å². The average molecular weight is 263 g/mol. The third kappa shape index (κ3) is 2.87. The molecule has 3 N–H and O–H groups in total. The lowest BCUT2D eigenvalue weighted by Gasteiger charge is -2.06. The van der Waals surface area contributed by atoms with Crippen LogP contribution in [0.1, 0.15) is 22.8 Å². The standard InChI is InChI=1S/C12H14FN5O/c1-7-15-8(2)18(16-7)6-9-3-10(12(14)17-19)5-11(13)4-9/h3-5,19H,6H2,1-2H3,(H2,14,17). The molecule has 2 aromatic rings. The highest BCUT2D eigenvalue weighted by Gasteiger charge is 2.08. The van der Waals surface area contributed by atoms with Crippen LogP contribution in [0.5, 0.6) is 0 Å². The fourth-order valence-electron chi connectivity index (χ4n) is 1.83. The van der Waals surface area contributed by atoms with E-state index < -0.39 is 5.82 Å². The van der Waals surface area contributed by atoms with Crippen molar-refractivity contribution in [3.8, 4) is 0 Å². The largest absolute Gasteiger partial charge is 0.409 e. The van der Waals surface area contributed by atoms with E-state index in [2.05, 4.69) is 15.2 Å². The van der Waals surface area contributed by atoms with Crippen LogP contribution in [0.25, 0.3) is 0 Å². The molecule has 0 fully saturated rings. The monoisotopic (exact) mass is 263 g/mol. The summed E-state index contributed by atoms with van der Waals surface area (Å²) in [7, 11) is 0. The Kier molecular flexibility index (Phi) is 3.46. The van der Waals surface area contributed by atoms with Gasteiger partial charge in [-0.1, -0.05) is 5.16 Å². The number of oxime groups is 1. The Morgan fingerprint density at radius 1 is 1.42 bits per heavy atom. The maximum Gasteiger partial charge on any atom is 0.170 e. The van der Waals surface area contributed by atoms with Crippen molar-refractivity contribution in [1.29, 1.82) is 0 Å². The first-order valence-corrected chi connectivity index (χ1v) is 5.65. The first kappa shape index (κ1) is 13.0. The van der Waals surface area contributed by atoms with Crippen LogP contribution in [0, 0.1) is 19.7 Å². The number of hydrogen-bond donors (Lipinski definition) is 2. The highest BCUT2D eigenvalue weighted by Crippen LogP contribution is 2.11. The van der Waals surface area contributed by atoms with Crippen molar-refractivity contribution in [2.45, 2.75) is 20.4 Å².